The Balaban J connectivity index is 1.92. The van der Waals surface area contributed by atoms with Crippen LogP contribution in [0.5, 0.6) is 0 Å². The fraction of sp³-hybridized carbons (Fsp3) is 0.692. The third-order valence-electron chi connectivity index (χ3n) is 3.84. The monoisotopic (exact) mass is 237 g/mol. The van der Waals surface area contributed by atoms with Crippen LogP contribution in [0.15, 0.2) is 11.4 Å². The number of likely N-dealkylation sites (N-methyl/N-ethyl adjacent to an activating group) is 1. The highest BCUT2D eigenvalue weighted by Gasteiger charge is 2.37. The zero-order valence-electron chi connectivity index (χ0n) is 9.74. The summed E-state index contributed by atoms with van der Waals surface area (Å²) >= 11 is 1.93. The van der Waals surface area contributed by atoms with Crippen LogP contribution in [0.1, 0.15) is 48.1 Å². The number of rotatable bonds is 2. The molecule has 2 aliphatic rings. The smallest absolute Gasteiger partial charge is 0.0963 e. The van der Waals surface area contributed by atoms with Gasteiger partial charge in [0, 0.05) is 17.3 Å². The summed E-state index contributed by atoms with van der Waals surface area (Å²) in [4.78, 5) is 1.61. The Kier molecular flexibility index (Phi) is 3.01. The average Bonchev–Trinajstić information content (AvgIpc) is 2.79. The second-order valence-corrected chi connectivity index (χ2v) is 5.80. The fourth-order valence-corrected chi connectivity index (χ4v) is 4.23. The van der Waals surface area contributed by atoms with Crippen LogP contribution < -0.4 is 5.32 Å². The molecule has 2 nitrogen and oxygen atoms in total. The second-order valence-electron chi connectivity index (χ2n) is 4.85. The lowest BCUT2D eigenvalue weighted by molar-refractivity contribution is -0.0541. The lowest BCUT2D eigenvalue weighted by Gasteiger charge is -2.39. The van der Waals surface area contributed by atoms with Crippen LogP contribution in [0, 0.1) is 0 Å². The highest BCUT2D eigenvalue weighted by Crippen LogP contribution is 2.46. The van der Waals surface area contributed by atoms with E-state index < -0.39 is 0 Å². The van der Waals surface area contributed by atoms with Crippen LogP contribution in [0.2, 0.25) is 0 Å². The predicted molar refractivity (Wildman–Crippen MR) is 67.1 cm³/mol. The maximum absolute atomic E-state index is 6.26. The van der Waals surface area contributed by atoms with Gasteiger partial charge in [-0.15, -0.1) is 11.3 Å². The van der Waals surface area contributed by atoms with Gasteiger partial charge in [-0.25, -0.2) is 0 Å². The highest BCUT2D eigenvalue weighted by atomic mass is 32.1. The molecule has 1 saturated carbocycles. The molecular formula is C13H19NOS. The van der Waals surface area contributed by atoms with E-state index in [0.29, 0.717) is 12.0 Å². The molecular weight excluding hydrogens is 218 g/mol. The van der Waals surface area contributed by atoms with Crippen LogP contribution in [0.3, 0.4) is 0 Å². The van der Waals surface area contributed by atoms with E-state index >= 15 is 0 Å². The van der Waals surface area contributed by atoms with Crippen LogP contribution >= 0.6 is 11.3 Å². The lowest BCUT2D eigenvalue weighted by atomic mass is 9.81. The van der Waals surface area contributed by atoms with Gasteiger partial charge in [-0.1, -0.05) is 12.8 Å². The Labute approximate surface area is 101 Å². The van der Waals surface area contributed by atoms with Gasteiger partial charge in [0.05, 0.1) is 12.2 Å². The zero-order valence-corrected chi connectivity index (χ0v) is 10.6. The standard InChI is InChI=1S/C13H19NOS/c1-14-8-12-10-6-7-16-13(10)9-4-2-3-5-11(9)15-12/h6-7,9,11-12,14H,2-5,8H2,1H3/t9-,11+,12+/m0/s1. The second kappa shape index (κ2) is 4.47. The SMILES string of the molecule is CNC[C@H]1O[C@@H]2CCCC[C@@H]2c2sccc21. The van der Waals surface area contributed by atoms with Gasteiger partial charge in [-0.2, -0.15) is 0 Å². The molecule has 1 aromatic heterocycles. The van der Waals surface area contributed by atoms with E-state index in [2.05, 4.69) is 16.8 Å². The third kappa shape index (κ3) is 1.71. The fourth-order valence-electron chi connectivity index (χ4n) is 3.09. The van der Waals surface area contributed by atoms with E-state index in [4.69, 9.17) is 4.74 Å². The van der Waals surface area contributed by atoms with E-state index in [1.165, 1.54) is 31.2 Å². The first-order valence-corrected chi connectivity index (χ1v) is 7.15. The van der Waals surface area contributed by atoms with Crippen LogP contribution in [0.4, 0.5) is 0 Å². The minimum atomic E-state index is 0.283. The molecule has 1 aliphatic heterocycles. The summed E-state index contributed by atoms with van der Waals surface area (Å²) in [5.74, 6) is 0.692. The van der Waals surface area contributed by atoms with Crippen molar-refractivity contribution in [1.29, 1.82) is 0 Å². The summed E-state index contributed by atoms with van der Waals surface area (Å²) in [6.45, 7) is 0.937. The van der Waals surface area contributed by atoms with Gasteiger partial charge in [0.25, 0.3) is 0 Å². The van der Waals surface area contributed by atoms with E-state index in [1.807, 2.05) is 18.4 Å². The van der Waals surface area contributed by atoms with Crippen molar-refractivity contribution in [2.24, 2.45) is 0 Å². The number of nitrogens with one attached hydrogen (secondary N) is 1. The molecule has 0 unspecified atom stereocenters. The van der Waals surface area contributed by atoms with Crippen molar-refractivity contribution < 1.29 is 4.74 Å². The molecule has 0 radical (unpaired) electrons. The number of ether oxygens (including phenoxy) is 1. The summed E-state index contributed by atoms with van der Waals surface area (Å²) in [6.07, 6.45) is 6.06. The molecule has 0 bridgehead atoms. The lowest BCUT2D eigenvalue weighted by Crippen LogP contribution is -2.35. The molecule has 0 saturated heterocycles. The highest BCUT2D eigenvalue weighted by molar-refractivity contribution is 7.10. The van der Waals surface area contributed by atoms with Gasteiger partial charge in [-0.3, -0.25) is 0 Å². The van der Waals surface area contributed by atoms with E-state index in [-0.39, 0.29) is 6.10 Å². The first-order chi connectivity index (χ1) is 7.90. The van der Waals surface area contributed by atoms with Crippen LogP contribution in [-0.4, -0.2) is 19.7 Å². The van der Waals surface area contributed by atoms with Crippen molar-refractivity contribution in [2.75, 3.05) is 13.6 Å². The molecule has 1 aromatic rings. The minimum Gasteiger partial charge on any atom is -0.368 e. The van der Waals surface area contributed by atoms with Crippen molar-refractivity contribution in [2.45, 2.75) is 43.8 Å². The Morgan fingerprint density at radius 3 is 3.19 bits per heavy atom. The third-order valence-corrected chi connectivity index (χ3v) is 4.91. The van der Waals surface area contributed by atoms with Crippen LogP contribution in [0.25, 0.3) is 0 Å². The largest absolute Gasteiger partial charge is 0.368 e. The van der Waals surface area contributed by atoms with Gasteiger partial charge in [0.2, 0.25) is 0 Å². The van der Waals surface area contributed by atoms with Gasteiger partial charge in [0.15, 0.2) is 0 Å². The molecule has 0 amide bonds. The molecule has 2 heterocycles. The first kappa shape index (κ1) is 10.8. The summed E-state index contributed by atoms with van der Waals surface area (Å²) in [7, 11) is 2.00. The predicted octanol–water partition coefficient (Wildman–Crippen LogP) is 3.07. The number of hydrogen-bond donors (Lipinski definition) is 1. The first-order valence-electron chi connectivity index (χ1n) is 6.27. The van der Waals surface area contributed by atoms with Crippen molar-refractivity contribution >= 4 is 11.3 Å². The van der Waals surface area contributed by atoms with E-state index in [0.717, 1.165) is 6.54 Å². The molecule has 16 heavy (non-hydrogen) atoms. The molecule has 1 aliphatic carbocycles. The molecule has 3 heteroatoms. The van der Waals surface area contributed by atoms with E-state index in [1.54, 1.807) is 4.88 Å². The number of hydrogen-bond acceptors (Lipinski definition) is 3. The van der Waals surface area contributed by atoms with Crippen LogP contribution in [-0.2, 0) is 4.74 Å². The summed E-state index contributed by atoms with van der Waals surface area (Å²) in [5.41, 5.74) is 1.45. The molecule has 1 fully saturated rings. The number of fused-ring (bicyclic) bond motifs is 3. The van der Waals surface area contributed by atoms with Crippen molar-refractivity contribution in [1.82, 2.24) is 5.32 Å². The maximum Gasteiger partial charge on any atom is 0.0963 e. The summed E-state index contributed by atoms with van der Waals surface area (Å²) in [5, 5.41) is 5.47. The summed E-state index contributed by atoms with van der Waals surface area (Å²) in [6, 6.07) is 2.26. The Hall–Kier alpha value is -0.380. The molecule has 3 atom stereocenters. The quantitative estimate of drug-likeness (QED) is 0.853. The molecule has 88 valence electrons. The summed E-state index contributed by atoms with van der Waals surface area (Å²) < 4.78 is 6.26. The van der Waals surface area contributed by atoms with Gasteiger partial charge < -0.3 is 10.1 Å². The Morgan fingerprint density at radius 1 is 1.44 bits per heavy atom. The molecule has 1 N–H and O–H groups in total. The maximum atomic E-state index is 6.26. The van der Waals surface area contributed by atoms with Crippen molar-refractivity contribution in [3.63, 3.8) is 0 Å². The van der Waals surface area contributed by atoms with Crippen molar-refractivity contribution in [3.05, 3.63) is 21.9 Å². The Morgan fingerprint density at radius 2 is 2.31 bits per heavy atom. The van der Waals surface area contributed by atoms with Gasteiger partial charge >= 0.3 is 0 Å². The topological polar surface area (TPSA) is 21.3 Å². The Bertz CT molecular complexity index is 363. The molecule has 3 rings (SSSR count). The minimum absolute atomic E-state index is 0.283. The van der Waals surface area contributed by atoms with Crippen molar-refractivity contribution in [3.8, 4) is 0 Å². The zero-order chi connectivity index (χ0) is 11.0. The molecule has 0 spiro atoms. The molecule has 0 aromatic carbocycles. The average molecular weight is 237 g/mol. The number of thiophene rings is 1. The normalized spacial score (nSPS) is 33.2. The van der Waals surface area contributed by atoms with Gasteiger partial charge in [-0.05, 0) is 36.9 Å². The van der Waals surface area contributed by atoms with E-state index in [9.17, 15) is 0 Å². The van der Waals surface area contributed by atoms with Gasteiger partial charge in [0.1, 0.15) is 0 Å².